The lowest BCUT2D eigenvalue weighted by atomic mass is 10.3. The molecule has 0 saturated carbocycles. The normalized spacial score (nSPS) is 16.4. The van der Waals surface area contributed by atoms with Crippen molar-refractivity contribution in [2.45, 2.75) is 32.6 Å². The average molecular weight is 370 g/mol. The van der Waals surface area contributed by atoms with Crippen LogP contribution < -0.4 is 0 Å². The minimum atomic E-state index is -0.280. The van der Waals surface area contributed by atoms with Crippen LogP contribution in [0.5, 0.6) is 0 Å². The zero-order chi connectivity index (χ0) is 16.7. The van der Waals surface area contributed by atoms with Crippen LogP contribution in [0.4, 0.5) is 0 Å². The van der Waals surface area contributed by atoms with Gasteiger partial charge in [0.2, 0.25) is 0 Å². The SMILES string of the molecule is CCCCCOC(=O)CCN1C(=O)C(=Cc2cccs2)SC1=S. The highest BCUT2D eigenvalue weighted by atomic mass is 32.2. The van der Waals surface area contributed by atoms with Crippen LogP contribution in [-0.2, 0) is 14.3 Å². The summed E-state index contributed by atoms with van der Waals surface area (Å²) in [5.41, 5.74) is 0. The smallest absolute Gasteiger partial charge is 0.307 e. The molecular weight excluding hydrogens is 350 g/mol. The van der Waals surface area contributed by atoms with E-state index in [0.717, 1.165) is 24.1 Å². The van der Waals surface area contributed by atoms with E-state index < -0.39 is 0 Å². The minimum absolute atomic E-state index is 0.132. The highest BCUT2D eigenvalue weighted by Gasteiger charge is 2.32. The number of thiocarbonyl (C=S) groups is 1. The van der Waals surface area contributed by atoms with Crippen LogP contribution in [0.25, 0.3) is 6.08 Å². The van der Waals surface area contributed by atoms with Crippen molar-refractivity contribution in [2.75, 3.05) is 13.2 Å². The molecule has 0 aromatic carbocycles. The molecule has 1 aliphatic rings. The fourth-order valence-corrected chi connectivity index (χ4v) is 4.04. The van der Waals surface area contributed by atoms with Gasteiger partial charge in [0.25, 0.3) is 5.91 Å². The number of nitrogens with zero attached hydrogens (tertiary/aromatic N) is 1. The van der Waals surface area contributed by atoms with Crippen molar-refractivity contribution in [3.63, 3.8) is 0 Å². The van der Waals surface area contributed by atoms with E-state index in [1.165, 1.54) is 16.7 Å². The molecule has 0 spiro atoms. The second kappa shape index (κ2) is 9.20. The van der Waals surface area contributed by atoms with Crippen LogP contribution in [0.15, 0.2) is 22.4 Å². The van der Waals surface area contributed by atoms with Crippen LogP contribution in [-0.4, -0.2) is 34.2 Å². The quantitative estimate of drug-likeness (QED) is 0.299. The predicted molar refractivity (Wildman–Crippen MR) is 99.3 cm³/mol. The third-order valence-corrected chi connectivity index (χ3v) is 5.44. The van der Waals surface area contributed by atoms with E-state index in [1.54, 1.807) is 11.3 Å². The summed E-state index contributed by atoms with van der Waals surface area (Å²) in [5, 5.41) is 1.96. The summed E-state index contributed by atoms with van der Waals surface area (Å²) in [7, 11) is 0. The summed E-state index contributed by atoms with van der Waals surface area (Å²) in [6, 6.07) is 3.89. The van der Waals surface area contributed by atoms with Crippen molar-refractivity contribution in [1.29, 1.82) is 0 Å². The standard InChI is InChI=1S/C16H19NO3S3/c1-2-3-4-9-20-14(18)7-8-17-15(19)13(23-16(17)21)11-12-6-5-10-22-12/h5-6,10-11H,2-4,7-9H2,1H3. The van der Waals surface area contributed by atoms with Gasteiger partial charge in [-0.2, -0.15) is 0 Å². The first-order valence-corrected chi connectivity index (χ1v) is 9.66. The Morgan fingerprint density at radius 1 is 1.43 bits per heavy atom. The van der Waals surface area contributed by atoms with Gasteiger partial charge < -0.3 is 4.74 Å². The molecule has 2 rings (SSSR count). The molecule has 0 radical (unpaired) electrons. The number of carbonyl (C=O) groups is 2. The Morgan fingerprint density at radius 3 is 2.96 bits per heavy atom. The summed E-state index contributed by atoms with van der Waals surface area (Å²) < 4.78 is 5.64. The number of amides is 1. The number of thioether (sulfide) groups is 1. The molecule has 0 N–H and O–H groups in total. The Morgan fingerprint density at radius 2 is 2.26 bits per heavy atom. The number of ether oxygens (including phenoxy) is 1. The van der Waals surface area contributed by atoms with Crippen molar-refractivity contribution in [3.8, 4) is 0 Å². The molecule has 1 amide bonds. The van der Waals surface area contributed by atoms with Crippen molar-refractivity contribution >= 4 is 57.6 Å². The number of carbonyl (C=O) groups excluding carboxylic acids is 2. The van der Waals surface area contributed by atoms with E-state index >= 15 is 0 Å². The van der Waals surface area contributed by atoms with Gasteiger partial charge in [0, 0.05) is 11.4 Å². The number of esters is 1. The van der Waals surface area contributed by atoms with Gasteiger partial charge in [-0.1, -0.05) is 49.8 Å². The second-order valence-corrected chi connectivity index (χ2v) is 7.68. The topological polar surface area (TPSA) is 46.6 Å². The number of hydrogen-bond acceptors (Lipinski definition) is 6. The second-order valence-electron chi connectivity index (χ2n) is 5.03. The first kappa shape index (κ1) is 18.2. The highest BCUT2D eigenvalue weighted by molar-refractivity contribution is 8.26. The zero-order valence-electron chi connectivity index (χ0n) is 12.9. The molecule has 1 fully saturated rings. The van der Waals surface area contributed by atoms with E-state index in [9.17, 15) is 9.59 Å². The number of thiophene rings is 1. The van der Waals surface area contributed by atoms with Gasteiger partial charge in [0.05, 0.1) is 17.9 Å². The van der Waals surface area contributed by atoms with Crippen molar-refractivity contribution in [3.05, 3.63) is 27.3 Å². The van der Waals surface area contributed by atoms with Gasteiger partial charge in [-0.05, 0) is 23.9 Å². The maximum absolute atomic E-state index is 12.4. The molecule has 2 heterocycles. The van der Waals surface area contributed by atoms with Crippen molar-refractivity contribution in [1.82, 2.24) is 4.90 Å². The average Bonchev–Trinajstić information content (AvgIpc) is 3.12. The molecule has 0 bridgehead atoms. The summed E-state index contributed by atoms with van der Waals surface area (Å²) in [4.78, 5) is 27.1. The molecule has 4 nitrogen and oxygen atoms in total. The van der Waals surface area contributed by atoms with Gasteiger partial charge in [-0.25, -0.2) is 0 Å². The molecule has 1 aromatic heterocycles. The Hall–Kier alpha value is -1.18. The lowest BCUT2D eigenvalue weighted by Gasteiger charge is -2.13. The maximum atomic E-state index is 12.4. The molecule has 0 atom stereocenters. The third kappa shape index (κ3) is 5.44. The molecule has 0 unspecified atom stereocenters. The highest BCUT2D eigenvalue weighted by Crippen LogP contribution is 2.33. The van der Waals surface area contributed by atoms with E-state index in [-0.39, 0.29) is 24.8 Å². The molecule has 1 saturated heterocycles. The fraction of sp³-hybridized carbons (Fsp3) is 0.438. The molecule has 1 aromatic rings. The van der Waals surface area contributed by atoms with Crippen molar-refractivity contribution < 1.29 is 14.3 Å². The van der Waals surface area contributed by atoms with E-state index in [2.05, 4.69) is 6.92 Å². The summed E-state index contributed by atoms with van der Waals surface area (Å²) in [6.07, 6.45) is 5.03. The van der Waals surface area contributed by atoms with Crippen LogP contribution in [0.3, 0.4) is 0 Å². The van der Waals surface area contributed by atoms with Crippen LogP contribution in [0.2, 0.25) is 0 Å². The molecule has 124 valence electrons. The Balaban J connectivity index is 1.82. The van der Waals surface area contributed by atoms with Gasteiger partial charge in [-0.3, -0.25) is 14.5 Å². The number of unbranched alkanes of at least 4 members (excludes halogenated alkanes) is 2. The van der Waals surface area contributed by atoms with Crippen LogP contribution >= 0.6 is 35.3 Å². The first-order chi connectivity index (χ1) is 11.1. The maximum Gasteiger partial charge on any atom is 0.307 e. The molecule has 0 aliphatic carbocycles. The van der Waals surface area contributed by atoms with E-state index in [4.69, 9.17) is 17.0 Å². The van der Waals surface area contributed by atoms with Crippen LogP contribution in [0.1, 0.15) is 37.5 Å². The summed E-state index contributed by atoms with van der Waals surface area (Å²) in [5.74, 6) is -0.412. The van der Waals surface area contributed by atoms with Crippen molar-refractivity contribution in [2.24, 2.45) is 0 Å². The monoisotopic (exact) mass is 369 g/mol. The van der Waals surface area contributed by atoms with Gasteiger partial charge in [-0.15, -0.1) is 11.3 Å². The Kier molecular flexibility index (Phi) is 7.26. The lowest BCUT2D eigenvalue weighted by molar-refractivity contribution is -0.144. The van der Waals surface area contributed by atoms with E-state index in [1.807, 2.05) is 23.6 Å². The zero-order valence-corrected chi connectivity index (χ0v) is 15.4. The molecule has 23 heavy (non-hydrogen) atoms. The Bertz CT molecular complexity index is 596. The molecule has 7 heteroatoms. The Labute approximate surface area is 149 Å². The van der Waals surface area contributed by atoms with Crippen LogP contribution in [0, 0.1) is 0 Å². The lowest BCUT2D eigenvalue weighted by Crippen LogP contribution is -2.30. The summed E-state index contributed by atoms with van der Waals surface area (Å²) >= 11 is 8.09. The number of hydrogen-bond donors (Lipinski definition) is 0. The largest absolute Gasteiger partial charge is 0.466 e. The van der Waals surface area contributed by atoms with Gasteiger partial charge in [0.1, 0.15) is 4.32 Å². The predicted octanol–water partition coefficient (Wildman–Crippen LogP) is 4.07. The molecular formula is C16H19NO3S3. The summed E-state index contributed by atoms with van der Waals surface area (Å²) in [6.45, 7) is 2.82. The third-order valence-electron chi connectivity index (χ3n) is 3.24. The fourth-order valence-electron chi connectivity index (χ4n) is 2.01. The first-order valence-electron chi connectivity index (χ1n) is 7.56. The number of rotatable bonds is 8. The minimum Gasteiger partial charge on any atom is -0.466 e. The van der Waals surface area contributed by atoms with Gasteiger partial charge >= 0.3 is 5.97 Å². The van der Waals surface area contributed by atoms with Gasteiger partial charge in [0.15, 0.2) is 0 Å². The van der Waals surface area contributed by atoms with E-state index in [0.29, 0.717) is 15.8 Å². The molecule has 1 aliphatic heterocycles.